The molecule has 1 unspecified atom stereocenters. The molecule has 29 heavy (non-hydrogen) atoms. The number of hydrogen-bond donors (Lipinski definition) is 0. The van der Waals surface area contributed by atoms with Crippen LogP contribution in [0.5, 0.6) is 11.5 Å². The lowest BCUT2D eigenvalue weighted by Gasteiger charge is -2.25. The molecule has 0 N–H and O–H groups in total. The first-order valence-electron chi connectivity index (χ1n) is 9.17. The Morgan fingerprint density at radius 1 is 1.07 bits per heavy atom. The van der Waals surface area contributed by atoms with Crippen LogP contribution in [0.3, 0.4) is 0 Å². The van der Waals surface area contributed by atoms with Crippen LogP contribution >= 0.6 is 0 Å². The standard InChI is InChI=1S/C23H23FN2O3/c1-26(19-10-11-21(28-2)22(14-19)29-3)23(27)20(13-16-5-4-12-25-15-16)17-6-8-18(24)9-7-17/h4-12,14-15,20H,13H2,1-3H3. The molecule has 5 nitrogen and oxygen atoms in total. The SMILES string of the molecule is COc1ccc(N(C)C(=O)C(Cc2cccnc2)c2ccc(F)cc2)cc1OC. The summed E-state index contributed by atoms with van der Waals surface area (Å²) in [7, 11) is 4.82. The normalized spacial score (nSPS) is 11.6. The molecule has 1 aromatic heterocycles. The van der Waals surface area contributed by atoms with Crippen LogP contribution in [0.15, 0.2) is 67.0 Å². The molecule has 2 aromatic carbocycles. The van der Waals surface area contributed by atoms with Crippen molar-refractivity contribution in [1.29, 1.82) is 0 Å². The number of hydrogen-bond acceptors (Lipinski definition) is 4. The number of methoxy groups -OCH3 is 2. The summed E-state index contributed by atoms with van der Waals surface area (Å²) in [6.07, 6.45) is 3.88. The molecule has 0 aliphatic carbocycles. The minimum absolute atomic E-state index is 0.118. The number of anilines is 1. The van der Waals surface area contributed by atoms with E-state index in [9.17, 15) is 9.18 Å². The number of likely N-dealkylation sites (N-methyl/N-ethyl adjacent to an activating group) is 1. The fourth-order valence-corrected chi connectivity index (χ4v) is 3.19. The Morgan fingerprint density at radius 2 is 1.79 bits per heavy atom. The van der Waals surface area contributed by atoms with Crippen molar-refractivity contribution in [3.8, 4) is 11.5 Å². The number of ether oxygens (including phenoxy) is 2. The van der Waals surface area contributed by atoms with Crippen LogP contribution in [0, 0.1) is 5.82 Å². The van der Waals surface area contributed by atoms with Crippen LogP contribution in [-0.4, -0.2) is 32.2 Å². The van der Waals surface area contributed by atoms with Gasteiger partial charge in [0.2, 0.25) is 5.91 Å². The minimum Gasteiger partial charge on any atom is -0.493 e. The Labute approximate surface area is 169 Å². The molecule has 3 aromatic rings. The van der Waals surface area contributed by atoms with E-state index in [0.29, 0.717) is 23.6 Å². The first kappa shape index (κ1) is 20.3. The third-order valence-corrected chi connectivity index (χ3v) is 4.82. The predicted octanol–water partition coefficient (Wildman–Crippen LogP) is 4.23. The van der Waals surface area contributed by atoms with Gasteiger partial charge in [-0.2, -0.15) is 0 Å². The van der Waals surface area contributed by atoms with Crippen molar-refractivity contribution >= 4 is 11.6 Å². The van der Waals surface area contributed by atoms with Gasteiger partial charge in [-0.25, -0.2) is 4.39 Å². The predicted molar refractivity (Wildman–Crippen MR) is 110 cm³/mol. The molecule has 0 saturated carbocycles. The molecule has 1 atom stereocenters. The molecule has 0 aliphatic heterocycles. The molecule has 0 aliphatic rings. The van der Waals surface area contributed by atoms with Crippen LogP contribution in [0.1, 0.15) is 17.0 Å². The summed E-state index contributed by atoms with van der Waals surface area (Å²) >= 11 is 0. The van der Waals surface area contributed by atoms with Gasteiger partial charge in [-0.15, -0.1) is 0 Å². The fourth-order valence-electron chi connectivity index (χ4n) is 3.19. The molecule has 6 heteroatoms. The molecule has 3 rings (SSSR count). The number of carbonyl (C=O) groups is 1. The number of halogens is 1. The Morgan fingerprint density at radius 3 is 2.41 bits per heavy atom. The number of benzene rings is 2. The van der Waals surface area contributed by atoms with Gasteiger partial charge in [0.15, 0.2) is 11.5 Å². The molecule has 1 amide bonds. The first-order chi connectivity index (χ1) is 14.0. The summed E-state index contributed by atoms with van der Waals surface area (Å²) in [4.78, 5) is 19.1. The first-order valence-corrected chi connectivity index (χ1v) is 9.17. The third kappa shape index (κ3) is 4.71. The van der Waals surface area contributed by atoms with Gasteiger partial charge in [0, 0.05) is 31.2 Å². The molecule has 150 valence electrons. The second-order valence-electron chi connectivity index (χ2n) is 6.61. The second kappa shape index (κ2) is 9.19. The van der Waals surface area contributed by atoms with E-state index >= 15 is 0 Å². The van der Waals surface area contributed by atoms with Crippen molar-refractivity contribution in [2.24, 2.45) is 0 Å². The van der Waals surface area contributed by atoms with Crippen LogP contribution < -0.4 is 14.4 Å². The van der Waals surface area contributed by atoms with E-state index in [2.05, 4.69) is 4.98 Å². The van der Waals surface area contributed by atoms with Crippen molar-refractivity contribution < 1.29 is 18.7 Å². The number of aromatic nitrogens is 1. The van der Waals surface area contributed by atoms with Crippen LogP contribution in [0.2, 0.25) is 0 Å². The average Bonchev–Trinajstić information content (AvgIpc) is 2.77. The molecule has 0 fully saturated rings. The van der Waals surface area contributed by atoms with Crippen molar-refractivity contribution in [3.05, 3.63) is 83.9 Å². The molecule has 1 heterocycles. The second-order valence-corrected chi connectivity index (χ2v) is 6.61. The van der Waals surface area contributed by atoms with Crippen LogP contribution in [0.25, 0.3) is 0 Å². The zero-order valence-corrected chi connectivity index (χ0v) is 16.6. The Balaban J connectivity index is 1.94. The molecular weight excluding hydrogens is 371 g/mol. The van der Waals surface area contributed by atoms with Gasteiger partial charge in [0.1, 0.15) is 5.82 Å². The number of amides is 1. The number of carbonyl (C=O) groups excluding carboxylic acids is 1. The maximum Gasteiger partial charge on any atom is 0.234 e. The summed E-state index contributed by atoms with van der Waals surface area (Å²) < 4.78 is 24.0. The van der Waals surface area contributed by atoms with Gasteiger partial charge in [-0.1, -0.05) is 18.2 Å². The smallest absolute Gasteiger partial charge is 0.234 e. The van der Waals surface area contributed by atoms with Gasteiger partial charge >= 0.3 is 0 Å². The van der Waals surface area contributed by atoms with Gasteiger partial charge in [-0.3, -0.25) is 9.78 Å². The third-order valence-electron chi connectivity index (χ3n) is 4.82. The molecule has 0 spiro atoms. The zero-order valence-electron chi connectivity index (χ0n) is 16.6. The fraction of sp³-hybridized carbons (Fsp3) is 0.217. The highest BCUT2D eigenvalue weighted by molar-refractivity contribution is 5.98. The largest absolute Gasteiger partial charge is 0.493 e. The summed E-state index contributed by atoms with van der Waals surface area (Å²) in [6.45, 7) is 0. The lowest BCUT2D eigenvalue weighted by atomic mass is 9.91. The van der Waals surface area contributed by atoms with Crippen molar-refractivity contribution in [2.75, 3.05) is 26.2 Å². The van der Waals surface area contributed by atoms with Crippen molar-refractivity contribution in [2.45, 2.75) is 12.3 Å². The topological polar surface area (TPSA) is 51.7 Å². The quantitative estimate of drug-likeness (QED) is 0.602. The van der Waals surface area contributed by atoms with E-state index in [1.807, 2.05) is 12.1 Å². The number of nitrogens with zero attached hydrogens (tertiary/aromatic N) is 2. The monoisotopic (exact) mass is 394 g/mol. The maximum atomic E-state index is 13.4. The van der Waals surface area contributed by atoms with E-state index in [-0.39, 0.29) is 11.7 Å². The van der Waals surface area contributed by atoms with E-state index < -0.39 is 5.92 Å². The summed E-state index contributed by atoms with van der Waals surface area (Å²) in [5.41, 5.74) is 2.34. The van der Waals surface area contributed by atoms with E-state index in [1.54, 1.807) is 68.9 Å². The lowest BCUT2D eigenvalue weighted by molar-refractivity contribution is -0.119. The Kier molecular flexibility index (Phi) is 6.44. The summed E-state index contributed by atoms with van der Waals surface area (Å²) in [5.74, 6) is 0.179. The summed E-state index contributed by atoms with van der Waals surface area (Å²) in [6, 6.07) is 15.1. The number of pyridine rings is 1. The Hall–Kier alpha value is -3.41. The van der Waals surface area contributed by atoms with E-state index in [0.717, 1.165) is 11.1 Å². The van der Waals surface area contributed by atoms with Crippen LogP contribution in [-0.2, 0) is 11.2 Å². The van der Waals surface area contributed by atoms with Crippen molar-refractivity contribution in [3.63, 3.8) is 0 Å². The molecule has 0 saturated heterocycles. The van der Waals surface area contributed by atoms with Gasteiger partial charge in [0.05, 0.1) is 20.1 Å². The number of rotatable bonds is 7. The van der Waals surface area contributed by atoms with Gasteiger partial charge < -0.3 is 14.4 Å². The van der Waals surface area contributed by atoms with Gasteiger partial charge in [-0.05, 0) is 47.9 Å². The lowest BCUT2D eigenvalue weighted by Crippen LogP contribution is -2.32. The van der Waals surface area contributed by atoms with Gasteiger partial charge in [0.25, 0.3) is 0 Å². The summed E-state index contributed by atoms with van der Waals surface area (Å²) in [5, 5.41) is 0. The highest BCUT2D eigenvalue weighted by atomic mass is 19.1. The zero-order chi connectivity index (χ0) is 20.8. The molecular formula is C23H23FN2O3. The molecule has 0 radical (unpaired) electrons. The maximum absolute atomic E-state index is 13.4. The highest BCUT2D eigenvalue weighted by Crippen LogP contribution is 2.33. The molecule has 0 bridgehead atoms. The minimum atomic E-state index is -0.488. The van der Waals surface area contributed by atoms with Crippen molar-refractivity contribution in [1.82, 2.24) is 4.98 Å². The average molecular weight is 394 g/mol. The van der Waals surface area contributed by atoms with E-state index in [4.69, 9.17) is 9.47 Å². The van der Waals surface area contributed by atoms with E-state index in [1.165, 1.54) is 12.1 Å². The van der Waals surface area contributed by atoms with Crippen LogP contribution in [0.4, 0.5) is 10.1 Å². The highest BCUT2D eigenvalue weighted by Gasteiger charge is 2.26. The Bertz CT molecular complexity index is 962.